The molecule has 212 valence electrons. The van der Waals surface area contributed by atoms with Crippen LogP contribution in [0.5, 0.6) is 5.75 Å². The molecule has 0 fully saturated rings. The van der Waals surface area contributed by atoms with E-state index in [2.05, 4.69) is 37.7 Å². The summed E-state index contributed by atoms with van der Waals surface area (Å²) in [6.07, 6.45) is 7.92. The highest BCUT2D eigenvalue weighted by Crippen LogP contribution is 2.21. The molecule has 8 heteroatoms. The number of ether oxygens (including phenoxy) is 1. The van der Waals surface area contributed by atoms with Crippen molar-refractivity contribution in [1.82, 2.24) is 4.72 Å². The summed E-state index contributed by atoms with van der Waals surface area (Å²) in [5.41, 5.74) is 0.976. The van der Waals surface area contributed by atoms with Gasteiger partial charge in [-0.1, -0.05) is 51.7 Å². The number of quaternary nitrogens is 1. The monoisotopic (exact) mass is 546 g/mol. The largest absolute Gasteiger partial charge is 0.493 e. The Morgan fingerprint density at radius 2 is 1.47 bits per heavy atom. The number of amides is 1. The number of nitrogens with zero attached hydrogens (tertiary/aromatic N) is 1. The van der Waals surface area contributed by atoms with E-state index in [4.69, 9.17) is 4.74 Å². The smallest absolute Gasteiger partial charge is 0.259 e. The van der Waals surface area contributed by atoms with Crippen molar-refractivity contribution < 1.29 is 22.4 Å². The van der Waals surface area contributed by atoms with Crippen molar-refractivity contribution >= 4 is 21.6 Å². The lowest BCUT2D eigenvalue weighted by Crippen LogP contribution is -2.52. The van der Waals surface area contributed by atoms with Crippen molar-refractivity contribution in [3.8, 4) is 5.75 Å². The first kappa shape index (κ1) is 31.8. The van der Waals surface area contributed by atoms with E-state index in [1.165, 1.54) is 31.4 Å². The Balaban J connectivity index is 1.96. The van der Waals surface area contributed by atoms with Gasteiger partial charge in [0.05, 0.1) is 49.8 Å². The fourth-order valence-corrected chi connectivity index (χ4v) is 5.59. The molecule has 0 aliphatic rings. The fourth-order valence-electron chi connectivity index (χ4n) is 4.57. The zero-order chi connectivity index (χ0) is 27.9. The van der Waals surface area contributed by atoms with E-state index in [-0.39, 0.29) is 10.8 Å². The second-order valence-electron chi connectivity index (χ2n) is 9.91. The first-order valence-corrected chi connectivity index (χ1v) is 15.8. The summed E-state index contributed by atoms with van der Waals surface area (Å²) in [5.74, 6) is 0.257. The molecular formula is C30H48N3O4S+. The molecule has 7 nitrogen and oxygen atoms in total. The van der Waals surface area contributed by atoms with Crippen LogP contribution in [0.1, 0.15) is 83.0 Å². The average molecular weight is 547 g/mol. The number of para-hydroxylation sites is 1. The predicted molar refractivity (Wildman–Crippen MR) is 156 cm³/mol. The van der Waals surface area contributed by atoms with E-state index < -0.39 is 10.0 Å². The molecule has 2 aromatic carbocycles. The molecule has 0 bridgehead atoms. The number of benzene rings is 2. The van der Waals surface area contributed by atoms with Crippen molar-refractivity contribution in [2.24, 2.45) is 0 Å². The molecule has 0 saturated heterocycles. The molecule has 38 heavy (non-hydrogen) atoms. The number of carbonyl (C=O) groups is 1. The zero-order valence-corrected chi connectivity index (χ0v) is 24.6. The standard InChI is InChI=1S/C30H47N3O4S/c1-5-9-11-15-25-37-29-17-13-12-16-28(29)30(34)32-26-18-20-27(21-19-26)38(35,36)31-22-24-33(7-3,8-4)23-14-10-6-2/h12-13,16-21,31H,5-11,14-15,22-25H2,1-4H3/p+1. The molecule has 2 rings (SSSR count). The third kappa shape index (κ3) is 10.0. The normalized spacial score (nSPS) is 11.9. The maximum atomic E-state index is 12.9. The summed E-state index contributed by atoms with van der Waals surface area (Å²) in [5, 5.41) is 2.85. The van der Waals surface area contributed by atoms with Crippen LogP contribution in [-0.4, -0.2) is 58.1 Å². The van der Waals surface area contributed by atoms with Gasteiger partial charge in [-0.15, -0.1) is 0 Å². The molecular weight excluding hydrogens is 498 g/mol. The Morgan fingerprint density at radius 3 is 2.13 bits per heavy atom. The van der Waals surface area contributed by atoms with Gasteiger partial charge in [0, 0.05) is 5.69 Å². The van der Waals surface area contributed by atoms with Gasteiger partial charge in [-0.25, -0.2) is 13.1 Å². The number of likely N-dealkylation sites (N-methyl/N-ethyl adjacent to an activating group) is 1. The van der Waals surface area contributed by atoms with Crippen LogP contribution in [0.2, 0.25) is 0 Å². The summed E-state index contributed by atoms with van der Waals surface area (Å²) < 4.78 is 35.3. The number of unbranched alkanes of at least 4 members (excludes halogenated alkanes) is 5. The SMILES string of the molecule is CCCCCCOc1ccccc1C(=O)Nc1ccc(S(=O)(=O)NCC[N+](CC)(CC)CCCCC)cc1. The van der Waals surface area contributed by atoms with Crippen molar-refractivity contribution in [3.63, 3.8) is 0 Å². The number of hydrogen-bond donors (Lipinski definition) is 2. The molecule has 0 unspecified atom stereocenters. The van der Waals surface area contributed by atoms with E-state index in [1.54, 1.807) is 30.3 Å². The van der Waals surface area contributed by atoms with Gasteiger partial charge in [-0.05, 0) is 69.5 Å². The summed E-state index contributed by atoms with van der Waals surface area (Å²) in [6.45, 7) is 13.5. The molecule has 1 amide bonds. The molecule has 2 aromatic rings. The van der Waals surface area contributed by atoms with Gasteiger partial charge in [-0.3, -0.25) is 4.79 Å². The summed E-state index contributed by atoms with van der Waals surface area (Å²) in [7, 11) is -3.64. The van der Waals surface area contributed by atoms with E-state index in [1.807, 2.05) is 6.07 Å². The highest BCUT2D eigenvalue weighted by atomic mass is 32.2. The highest BCUT2D eigenvalue weighted by molar-refractivity contribution is 7.89. The lowest BCUT2D eigenvalue weighted by Gasteiger charge is -2.37. The number of sulfonamides is 1. The molecule has 2 N–H and O–H groups in total. The van der Waals surface area contributed by atoms with Gasteiger partial charge >= 0.3 is 0 Å². The topological polar surface area (TPSA) is 84.5 Å². The fraction of sp³-hybridized carbons (Fsp3) is 0.567. The number of hydrogen-bond acceptors (Lipinski definition) is 4. The quantitative estimate of drug-likeness (QED) is 0.162. The number of nitrogens with one attached hydrogen (secondary N) is 2. The average Bonchev–Trinajstić information content (AvgIpc) is 2.92. The van der Waals surface area contributed by atoms with Crippen LogP contribution in [0.15, 0.2) is 53.4 Å². The van der Waals surface area contributed by atoms with Crippen LogP contribution < -0.4 is 14.8 Å². The van der Waals surface area contributed by atoms with Crippen LogP contribution in [0.3, 0.4) is 0 Å². The number of carbonyl (C=O) groups excluding carboxylic acids is 1. The Morgan fingerprint density at radius 1 is 0.816 bits per heavy atom. The Hall–Kier alpha value is -2.42. The van der Waals surface area contributed by atoms with Gasteiger partial charge < -0.3 is 14.5 Å². The van der Waals surface area contributed by atoms with Gasteiger partial charge in [-0.2, -0.15) is 0 Å². The summed E-state index contributed by atoms with van der Waals surface area (Å²) in [4.78, 5) is 13.1. The lowest BCUT2D eigenvalue weighted by molar-refractivity contribution is -0.924. The molecule has 0 atom stereocenters. The van der Waals surface area contributed by atoms with Crippen molar-refractivity contribution in [2.75, 3.05) is 44.6 Å². The predicted octanol–water partition coefficient (Wildman–Crippen LogP) is 6.22. The van der Waals surface area contributed by atoms with Crippen LogP contribution in [-0.2, 0) is 10.0 Å². The van der Waals surface area contributed by atoms with Gasteiger partial charge in [0.1, 0.15) is 5.75 Å². The molecule has 0 heterocycles. The van der Waals surface area contributed by atoms with Gasteiger partial charge in [0.25, 0.3) is 5.91 Å². The van der Waals surface area contributed by atoms with E-state index in [0.29, 0.717) is 30.2 Å². The second-order valence-corrected chi connectivity index (χ2v) is 11.7. The Bertz CT molecular complexity index is 1070. The second kappa shape index (κ2) is 16.5. The van der Waals surface area contributed by atoms with Crippen LogP contribution in [0, 0.1) is 0 Å². The third-order valence-electron chi connectivity index (χ3n) is 7.27. The summed E-state index contributed by atoms with van der Waals surface area (Å²) >= 11 is 0. The maximum Gasteiger partial charge on any atom is 0.259 e. The van der Waals surface area contributed by atoms with E-state index in [9.17, 15) is 13.2 Å². The first-order valence-electron chi connectivity index (χ1n) is 14.3. The Labute approximate surface area is 230 Å². The molecule has 0 saturated carbocycles. The van der Waals surface area contributed by atoms with Crippen LogP contribution in [0.25, 0.3) is 0 Å². The number of anilines is 1. The van der Waals surface area contributed by atoms with E-state index >= 15 is 0 Å². The molecule has 0 radical (unpaired) electrons. The Kier molecular flexibility index (Phi) is 13.8. The molecule has 0 aliphatic heterocycles. The van der Waals surface area contributed by atoms with Crippen molar-refractivity contribution in [3.05, 3.63) is 54.1 Å². The minimum absolute atomic E-state index is 0.184. The molecule has 0 aromatic heterocycles. The maximum absolute atomic E-state index is 12.9. The minimum atomic E-state index is -3.64. The van der Waals surface area contributed by atoms with Crippen molar-refractivity contribution in [2.45, 2.75) is 77.5 Å². The summed E-state index contributed by atoms with van der Waals surface area (Å²) in [6, 6.07) is 13.5. The highest BCUT2D eigenvalue weighted by Gasteiger charge is 2.24. The molecule has 0 spiro atoms. The minimum Gasteiger partial charge on any atom is -0.493 e. The van der Waals surface area contributed by atoms with Gasteiger partial charge in [0.2, 0.25) is 10.0 Å². The van der Waals surface area contributed by atoms with Gasteiger partial charge in [0.15, 0.2) is 0 Å². The number of rotatable bonds is 19. The third-order valence-corrected chi connectivity index (χ3v) is 8.74. The van der Waals surface area contributed by atoms with Crippen LogP contribution >= 0.6 is 0 Å². The first-order chi connectivity index (χ1) is 18.3. The lowest BCUT2D eigenvalue weighted by atomic mass is 10.1. The zero-order valence-electron chi connectivity index (χ0n) is 23.8. The molecule has 0 aliphatic carbocycles. The van der Waals surface area contributed by atoms with Crippen molar-refractivity contribution in [1.29, 1.82) is 0 Å². The van der Waals surface area contributed by atoms with E-state index in [0.717, 1.165) is 56.3 Å². The van der Waals surface area contributed by atoms with Crippen LogP contribution in [0.4, 0.5) is 5.69 Å².